The SMILES string of the molecule is CCCN1CCCCC1c1cnc(N2CCCC2)c(C)c1. The van der Waals surface area contributed by atoms with Crippen molar-refractivity contribution >= 4 is 5.82 Å². The highest BCUT2D eigenvalue weighted by Gasteiger charge is 2.24. The highest BCUT2D eigenvalue weighted by atomic mass is 15.2. The molecule has 0 aliphatic carbocycles. The normalized spacial score (nSPS) is 23.7. The largest absolute Gasteiger partial charge is 0.356 e. The van der Waals surface area contributed by atoms with Crippen LogP contribution in [0.2, 0.25) is 0 Å². The molecule has 0 saturated carbocycles. The Bertz CT molecular complexity index is 464. The van der Waals surface area contributed by atoms with Gasteiger partial charge in [0.05, 0.1) is 0 Å². The van der Waals surface area contributed by atoms with Crippen LogP contribution in [0.25, 0.3) is 0 Å². The fourth-order valence-corrected chi connectivity index (χ4v) is 3.95. The van der Waals surface area contributed by atoms with Crippen LogP contribution in [-0.2, 0) is 0 Å². The molecular weight excluding hydrogens is 258 g/mol. The lowest BCUT2D eigenvalue weighted by molar-refractivity contribution is 0.149. The number of aryl methyl sites for hydroxylation is 1. The van der Waals surface area contributed by atoms with Crippen molar-refractivity contribution in [3.05, 3.63) is 23.4 Å². The van der Waals surface area contributed by atoms with Gasteiger partial charge in [-0.05, 0) is 69.3 Å². The van der Waals surface area contributed by atoms with Gasteiger partial charge >= 0.3 is 0 Å². The maximum absolute atomic E-state index is 4.83. The minimum Gasteiger partial charge on any atom is -0.356 e. The molecular formula is C18H29N3. The lowest BCUT2D eigenvalue weighted by Gasteiger charge is -2.36. The zero-order valence-corrected chi connectivity index (χ0v) is 13.6. The Labute approximate surface area is 129 Å². The van der Waals surface area contributed by atoms with Crippen molar-refractivity contribution in [1.29, 1.82) is 0 Å². The van der Waals surface area contributed by atoms with E-state index in [2.05, 4.69) is 35.9 Å². The van der Waals surface area contributed by atoms with E-state index in [1.807, 2.05) is 0 Å². The minimum absolute atomic E-state index is 0.595. The Morgan fingerprint density at radius 3 is 2.62 bits per heavy atom. The van der Waals surface area contributed by atoms with Gasteiger partial charge in [0.1, 0.15) is 5.82 Å². The summed E-state index contributed by atoms with van der Waals surface area (Å²) in [7, 11) is 0. The number of likely N-dealkylation sites (tertiary alicyclic amines) is 1. The summed E-state index contributed by atoms with van der Waals surface area (Å²) in [5.41, 5.74) is 2.79. The summed E-state index contributed by atoms with van der Waals surface area (Å²) in [6, 6.07) is 3.00. The second kappa shape index (κ2) is 6.78. The zero-order chi connectivity index (χ0) is 14.7. The maximum atomic E-state index is 4.83. The molecule has 0 N–H and O–H groups in total. The monoisotopic (exact) mass is 287 g/mol. The van der Waals surface area contributed by atoms with E-state index >= 15 is 0 Å². The Morgan fingerprint density at radius 2 is 1.90 bits per heavy atom. The Hall–Kier alpha value is -1.09. The van der Waals surface area contributed by atoms with Crippen molar-refractivity contribution in [3.63, 3.8) is 0 Å². The van der Waals surface area contributed by atoms with Crippen LogP contribution in [0, 0.1) is 6.92 Å². The van der Waals surface area contributed by atoms with Gasteiger partial charge < -0.3 is 4.90 Å². The molecule has 0 bridgehead atoms. The summed E-state index contributed by atoms with van der Waals surface area (Å²) < 4.78 is 0. The Kier molecular flexibility index (Phi) is 4.79. The second-order valence-electron chi connectivity index (χ2n) is 6.65. The molecule has 2 aliphatic rings. The van der Waals surface area contributed by atoms with Gasteiger partial charge in [0.15, 0.2) is 0 Å². The number of anilines is 1. The van der Waals surface area contributed by atoms with Crippen molar-refractivity contribution in [2.75, 3.05) is 31.1 Å². The third kappa shape index (κ3) is 3.23. The van der Waals surface area contributed by atoms with Gasteiger partial charge in [-0.3, -0.25) is 4.90 Å². The summed E-state index contributed by atoms with van der Waals surface area (Å²) in [6.07, 6.45) is 10.0. The molecule has 2 fully saturated rings. The van der Waals surface area contributed by atoms with Crippen molar-refractivity contribution < 1.29 is 0 Å². The lowest BCUT2D eigenvalue weighted by Crippen LogP contribution is -2.34. The first-order valence-corrected chi connectivity index (χ1v) is 8.75. The molecule has 1 unspecified atom stereocenters. The van der Waals surface area contributed by atoms with Gasteiger partial charge in [-0.2, -0.15) is 0 Å². The fourth-order valence-electron chi connectivity index (χ4n) is 3.95. The summed E-state index contributed by atoms with van der Waals surface area (Å²) in [5.74, 6) is 1.22. The summed E-state index contributed by atoms with van der Waals surface area (Å²) >= 11 is 0. The predicted molar refractivity (Wildman–Crippen MR) is 88.9 cm³/mol. The predicted octanol–water partition coefficient (Wildman–Crippen LogP) is 3.93. The molecule has 2 aliphatic heterocycles. The third-order valence-corrected chi connectivity index (χ3v) is 4.99. The van der Waals surface area contributed by atoms with Gasteiger partial charge in [-0.1, -0.05) is 13.3 Å². The smallest absolute Gasteiger partial charge is 0.131 e. The maximum Gasteiger partial charge on any atom is 0.131 e. The highest BCUT2D eigenvalue weighted by molar-refractivity contribution is 5.48. The molecule has 1 atom stereocenters. The van der Waals surface area contributed by atoms with Crippen LogP contribution in [0.3, 0.4) is 0 Å². The van der Waals surface area contributed by atoms with Crippen LogP contribution in [0.4, 0.5) is 5.82 Å². The average molecular weight is 287 g/mol. The molecule has 3 heteroatoms. The quantitative estimate of drug-likeness (QED) is 0.836. The van der Waals surface area contributed by atoms with Crippen molar-refractivity contribution in [2.24, 2.45) is 0 Å². The number of hydrogen-bond acceptors (Lipinski definition) is 3. The standard InChI is InChI=1S/C18H29N3/c1-3-9-20-10-5-4-8-17(20)16-13-15(2)18(19-14-16)21-11-6-7-12-21/h13-14,17H,3-12H2,1-2H3. The van der Waals surface area contributed by atoms with Crippen molar-refractivity contribution in [2.45, 2.75) is 58.4 Å². The molecule has 3 rings (SSSR count). The van der Waals surface area contributed by atoms with E-state index in [0.717, 1.165) is 0 Å². The molecule has 1 aromatic rings. The van der Waals surface area contributed by atoms with Gasteiger partial charge in [0.2, 0.25) is 0 Å². The second-order valence-corrected chi connectivity index (χ2v) is 6.65. The molecule has 0 radical (unpaired) electrons. The van der Waals surface area contributed by atoms with Gasteiger partial charge in [-0.25, -0.2) is 4.98 Å². The molecule has 2 saturated heterocycles. The number of hydrogen-bond donors (Lipinski definition) is 0. The molecule has 0 aromatic carbocycles. The highest BCUT2D eigenvalue weighted by Crippen LogP contribution is 2.32. The zero-order valence-electron chi connectivity index (χ0n) is 13.6. The molecule has 1 aromatic heterocycles. The van der Waals surface area contributed by atoms with Crippen LogP contribution >= 0.6 is 0 Å². The van der Waals surface area contributed by atoms with Gasteiger partial charge in [0.25, 0.3) is 0 Å². The Balaban J connectivity index is 1.79. The lowest BCUT2D eigenvalue weighted by atomic mass is 9.95. The van der Waals surface area contributed by atoms with E-state index in [0.29, 0.717) is 6.04 Å². The molecule has 3 nitrogen and oxygen atoms in total. The van der Waals surface area contributed by atoms with E-state index in [4.69, 9.17) is 4.98 Å². The minimum atomic E-state index is 0.595. The van der Waals surface area contributed by atoms with E-state index in [1.165, 1.54) is 81.6 Å². The van der Waals surface area contributed by atoms with Crippen molar-refractivity contribution in [3.8, 4) is 0 Å². The van der Waals surface area contributed by atoms with Gasteiger partial charge in [0, 0.05) is 25.3 Å². The fraction of sp³-hybridized carbons (Fsp3) is 0.722. The number of pyridine rings is 1. The van der Waals surface area contributed by atoms with Crippen LogP contribution in [0.15, 0.2) is 12.3 Å². The number of nitrogens with zero attached hydrogens (tertiary/aromatic N) is 3. The van der Waals surface area contributed by atoms with E-state index in [9.17, 15) is 0 Å². The van der Waals surface area contributed by atoms with E-state index < -0.39 is 0 Å². The van der Waals surface area contributed by atoms with Crippen LogP contribution in [-0.4, -0.2) is 36.1 Å². The first-order valence-electron chi connectivity index (χ1n) is 8.75. The first kappa shape index (κ1) is 14.8. The van der Waals surface area contributed by atoms with Crippen LogP contribution in [0.5, 0.6) is 0 Å². The molecule has 116 valence electrons. The first-order chi connectivity index (χ1) is 10.3. The molecule has 0 spiro atoms. The number of rotatable bonds is 4. The van der Waals surface area contributed by atoms with E-state index in [-0.39, 0.29) is 0 Å². The number of piperidine rings is 1. The summed E-state index contributed by atoms with van der Waals surface area (Å²) in [6.45, 7) is 9.35. The van der Waals surface area contributed by atoms with Crippen LogP contribution in [0.1, 0.15) is 62.6 Å². The average Bonchev–Trinajstić information content (AvgIpc) is 3.02. The molecule has 3 heterocycles. The number of aromatic nitrogens is 1. The van der Waals surface area contributed by atoms with Gasteiger partial charge in [-0.15, -0.1) is 0 Å². The third-order valence-electron chi connectivity index (χ3n) is 4.99. The van der Waals surface area contributed by atoms with Crippen LogP contribution < -0.4 is 4.90 Å². The van der Waals surface area contributed by atoms with E-state index in [1.54, 1.807) is 0 Å². The summed E-state index contributed by atoms with van der Waals surface area (Å²) in [5, 5.41) is 0. The molecule has 21 heavy (non-hydrogen) atoms. The van der Waals surface area contributed by atoms with Crippen molar-refractivity contribution in [1.82, 2.24) is 9.88 Å². The summed E-state index contributed by atoms with van der Waals surface area (Å²) in [4.78, 5) is 9.94. The topological polar surface area (TPSA) is 19.4 Å². The molecule has 0 amide bonds. The Morgan fingerprint density at radius 1 is 1.14 bits per heavy atom.